The number of methoxy groups -OCH3 is 1. The molecule has 0 aliphatic rings. The first-order chi connectivity index (χ1) is 10.7. The maximum absolute atomic E-state index is 5.61. The average molecular weight is 326 g/mol. The highest BCUT2D eigenvalue weighted by atomic mass is 32.1. The monoisotopic (exact) mass is 326 g/mol. The topological polar surface area (TPSA) is 51.8 Å². The molecule has 1 rings (SSSR count). The fourth-order valence-electron chi connectivity index (χ4n) is 1.87. The van der Waals surface area contributed by atoms with E-state index in [1.165, 1.54) is 0 Å². The van der Waals surface area contributed by atoms with Crippen LogP contribution in [0, 0.1) is 0 Å². The Bertz CT molecular complexity index is 455. The minimum absolute atomic E-state index is 0.608. The van der Waals surface area contributed by atoms with Gasteiger partial charge in [-0.05, 0) is 50.2 Å². The van der Waals surface area contributed by atoms with Crippen molar-refractivity contribution in [2.75, 3.05) is 33.5 Å². The van der Waals surface area contributed by atoms with Gasteiger partial charge in [-0.15, -0.1) is 0 Å². The summed E-state index contributed by atoms with van der Waals surface area (Å²) < 4.78 is 16.2. The van der Waals surface area contributed by atoms with Crippen molar-refractivity contribution in [2.24, 2.45) is 0 Å². The molecule has 0 atom stereocenters. The Morgan fingerprint density at radius 1 is 1.09 bits per heavy atom. The zero-order valence-electron chi connectivity index (χ0n) is 13.6. The Kier molecular flexibility index (Phi) is 9.34. The highest BCUT2D eigenvalue weighted by Gasteiger charge is 2.06. The van der Waals surface area contributed by atoms with Gasteiger partial charge in [0.15, 0.2) is 16.6 Å². The van der Waals surface area contributed by atoms with Gasteiger partial charge in [0.25, 0.3) is 0 Å². The summed E-state index contributed by atoms with van der Waals surface area (Å²) in [6, 6.07) is 5.92. The summed E-state index contributed by atoms with van der Waals surface area (Å²) in [6.07, 6.45) is 0.926. The van der Waals surface area contributed by atoms with Crippen molar-refractivity contribution >= 4 is 17.3 Å². The first kappa shape index (κ1) is 18.5. The Labute approximate surface area is 138 Å². The van der Waals surface area contributed by atoms with Gasteiger partial charge in [-0.25, -0.2) is 0 Å². The van der Waals surface area contributed by atoms with Crippen LogP contribution in [0.4, 0.5) is 0 Å². The summed E-state index contributed by atoms with van der Waals surface area (Å²) in [6.45, 7) is 7.31. The molecular weight excluding hydrogens is 300 g/mol. The minimum Gasteiger partial charge on any atom is -0.490 e. The van der Waals surface area contributed by atoms with Crippen LogP contribution in [-0.2, 0) is 11.3 Å². The molecule has 0 spiro atoms. The molecule has 0 saturated carbocycles. The van der Waals surface area contributed by atoms with E-state index in [-0.39, 0.29) is 0 Å². The van der Waals surface area contributed by atoms with E-state index in [4.69, 9.17) is 26.4 Å². The highest BCUT2D eigenvalue weighted by molar-refractivity contribution is 7.80. The number of benzene rings is 1. The van der Waals surface area contributed by atoms with E-state index in [1.807, 2.05) is 32.0 Å². The maximum Gasteiger partial charge on any atom is 0.166 e. The molecule has 0 unspecified atom stereocenters. The van der Waals surface area contributed by atoms with Crippen LogP contribution in [0.15, 0.2) is 18.2 Å². The SMILES string of the molecule is CCOc1ccc(CNC(=S)NCCCOC)cc1OCC. The molecule has 0 bridgehead atoms. The second-order valence-corrected chi connectivity index (χ2v) is 5.01. The molecule has 6 heteroatoms. The van der Waals surface area contributed by atoms with Gasteiger partial charge in [0.1, 0.15) is 0 Å². The lowest BCUT2D eigenvalue weighted by atomic mass is 10.2. The smallest absolute Gasteiger partial charge is 0.166 e. The van der Waals surface area contributed by atoms with Crippen LogP contribution >= 0.6 is 12.2 Å². The van der Waals surface area contributed by atoms with Gasteiger partial charge in [-0.3, -0.25) is 0 Å². The van der Waals surface area contributed by atoms with E-state index < -0.39 is 0 Å². The van der Waals surface area contributed by atoms with Crippen molar-refractivity contribution in [2.45, 2.75) is 26.8 Å². The zero-order valence-corrected chi connectivity index (χ0v) is 14.4. The van der Waals surface area contributed by atoms with E-state index in [9.17, 15) is 0 Å². The summed E-state index contributed by atoms with van der Waals surface area (Å²) in [4.78, 5) is 0. The molecule has 0 aliphatic heterocycles. The van der Waals surface area contributed by atoms with Crippen molar-refractivity contribution in [1.82, 2.24) is 10.6 Å². The second kappa shape index (κ2) is 11.1. The third kappa shape index (κ3) is 6.95. The van der Waals surface area contributed by atoms with Crippen molar-refractivity contribution < 1.29 is 14.2 Å². The first-order valence-corrected chi connectivity index (χ1v) is 8.01. The molecule has 124 valence electrons. The lowest BCUT2D eigenvalue weighted by Gasteiger charge is -2.14. The van der Waals surface area contributed by atoms with Crippen LogP contribution < -0.4 is 20.1 Å². The van der Waals surface area contributed by atoms with Crippen molar-refractivity contribution in [1.29, 1.82) is 0 Å². The number of thiocarbonyl (C=S) groups is 1. The molecule has 1 aromatic rings. The quantitative estimate of drug-likeness (QED) is 0.509. The third-order valence-corrected chi connectivity index (χ3v) is 3.16. The molecule has 0 fully saturated rings. The summed E-state index contributed by atoms with van der Waals surface area (Å²) >= 11 is 5.24. The predicted octanol–water partition coefficient (Wildman–Crippen LogP) is 2.48. The number of nitrogens with one attached hydrogen (secondary N) is 2. The van der Waals surface area contributed by atoms with E-state index in [2.05, 4.69) is 10.6 Å². The molecule has 0 aromatic heterocycles. The first-order valence-electron chi connectivity index (χ1n) is 7.60. The maximum atomic E-state index is 5.61. The molecule has 1 aromatic carbocycles. The molecule has 5 nitrogen and oxygen atoms in total. The minimum atomic E-state index is 0.608. The highest BCUT2D eigenvalue weighted by Crippen LogP contribution is 2.28. The summed E-state index contributed by atoms with van der Waals surface area (Å²) in [5.41, 5.74) is 1.09. The summed E-state index contributed by atoms with van der Waals surface area (Å²) in [7, 11) is 1.69. The van der Waals surface area contributed by atoms with Gasteiger partial charge in [0.05, 0.1) is 13.2 Å². The number of ether oxygens (including phenoxy) is 3. The zero-order chi connectivity index (χ0) is 16.2. The van der Waals surface area contributed by atoms with E-state index >= 15 is 0 Å². The molecule has 0 aliphatic carbocycles. The number of hydrogen-bond donors (Lipinski definition) is 2. The van der Waals surface area contributed by atoms with Crippen LogP contribution in [0.5, 0.6) is 11.5 Å². The average Bonchev–Trinajstić information content (AvgIpc) is 2.52. The van der Waals surface area contributed by atoms with Crippen LogP contribution in [0.25, 0.3) is 0 Å². The van der Waals surface area contributed by atoms with E-state index in [0.717, 1.165) is 36.6 Å². The van der Waals surface area contributed by atoms with Gasteiger partial charge < -0.3 is 24.8 Å². The van der Waals surface area contributed by atoms with Crippen LogP contribution in [0.2, 0.25) is 0 Å². The van der Waals surface area contributed by atoms with Crippen molar-refractivity contribution in [3.8, 4) is 11.5 Å². The van der Waals surface area contributed by atoms with E-state index in [0.29, 0.717) is 24.9 Å². The third-order valence-electron chi connectivity index (χ3n) is 2.87. The van der Waals surface area contributed by atoms with Crippen LogP contribution in [-0.4, -0.2) is 38.6 Å². The number of rotatable bonds is 10. The predicted molar refractivity (Wildman–Crippen MR) is 92.7 cm³/mol. The van der Waals surface area contributed by atoms with Crippen molar-refractivity contribution in [3.63, 3.8) is 0 Å². The van der Waals surface area contributed by atoms with Gasteiger partial charge in [0, 0.05) is 26.8 Å². The summed E-state index contributed by atoms with van der Waals surface area (Å²) in [5, 5.41) is 6.96. The number of hydrogen-bond acceptors (Lipinski definition) is 4. The Morgan fingerprint density at radius 3 is 2.50 bits per heavy atom. The van der Waals surface area contributed by atoms with Gasteiger partial charge in [-0.1, -0.05) is 6.07 Å². The Balaban J connectivity index is 2.47. The largest absolute Gasteiger partial charge is 0.490 e. The fraction of sp³-hybridized carbons (Fsp3) is 0.562. The normalized spacial score (nSPS) is 10.1. The Morgan fingerprint density at radius 2 is 1.82 bits per heavy atom. The molecule has 2 N–H and O–H groups in total. The van der Waals surface area contributed by atoms with Gasteiger partial charge >= 0.3 is 0 Å². The molecule has 22 heavy (non-hydrogen) atoms. The van der Waals surface area contributed by atoms with Gasteiger partial charge in [0.2, 0.25) is 0 Å². The van der Waals surface area contributed by atoms with Crippen LogP contribution in [0.1, 0.15) is 25.8 Å². The lowest BCUT2D eigenvalue weighted by molar-refractivity contribution is 0.195. The molecule has 0 heterocycles. The molecule has 0 saturated heterocycles. The molecule has 0 radical (unpaired) electrons. The Hall–Kier alpha value is -1.53. The van der Waals surface area contributed by atoms with E-state index in [1.54, 1.807) is 7.11 Å². The lowest BCUT2D eigenvalue weighted by Crippen LogP contribution is -2.35. The standard InChI is InChI=1S/C16H26N2O3S/c1-4-20-14-8-7-13(11-15(14)21-5-2)12-18-16(22)17-9-6-10-19-3/h7-8,11H,4-6,9-10,12H2,1-3H3,(H2,17,18,22). The van der Waals surface area contributed by atoms with Crippen LogP contribution in [0.3, 0.4) is 0 Å². The molecule has 0 amide bonds. The molecular formula is C16H26N2O3S. The van der Waals surface area contributed by atoms with Gasteiger partial charge in [-0.2, -0.15) is 0 Å². The fourth-order valence-corrected chi connectivity index (χ4v) is 2.04. The summed E-state index contributed by atoms with van der Waals surface area (Å²) in [5.74, 6) is 1.54. The second-order valence-electron chi connectivity index (χ2n) is 4.60. The van der Waals surface area contributed by atoms with Crippen molar-refractivity contribution in [3.05, 3.63) is 23.8 Å².